The van der Waals surface area contributed by atoms with Crippen molar-refractivity contribution >= 4 is 11.5 Å². The number of Topliss-reactive ketones (excluding diaryl/α,β-unsaturated/α-hetero) is 1. The van der Waals surface area contributed by atoms with E-state index in [0.29, 0.717) is 68.9 Å². The largest absolute Gasteiger partial charge is 0.416 e. The highest BCUT2D eigenvalue weighted by Crippen LogP contribution is 2.39. The van der Waals surface area contributed by atoms with Crippen molar-refractivity contribution in [2.45, 2.75) is 55.5 Å². The van der Waals surface area contributed by atoms with E-state index in [1.165, 1.54) is 6.07 Å². The van der Waals surface area contributed by atoms with E-state index in [0.717, 1.165) is 24.2 Å². The van der Waals surface area contributed by atoms with Gasteiger partial charge in [0, 0.05) is 55.5 Å². The van der Waals surface area contributed by atoms with Gasteiger partial charge >= 0.3 is 6.18 Å². The Kier molecular flexibility index (Phi) is 7.29. The van der Waals surface area contributed by atoms with Gasteiger partial charge in [-0.3, -0.25) is 9.78 Å². The molecule has 0 radical (unpaired) electrons. The van der Waals surface area contributed by atoms with Crippen LogP contribution in [0.2, 0.25) is 0 Å². The van der Waals surface area contributed by atoms with E-state index >= 15 is 0 Å². The van der Waals surface area contributed by atoms with Gasteiger partial charge in [-0.15, -0.1) is 0 Å². The van der Waals surface area contributed by atoms with Crippen LogP contribution in [0.5, 0.6) is 0 Å². The number of carbonyl (C=O) groups excluding carboxylic acids is 1. The molecule has 11 heteroatoms. The first-order valence-corrected chi connectivity index (χ1v) is 14.1. The molecule has 3 N–H and O–H groups in total. The van der Waals surface area contributed by atoms with Crippen LogP contribution in [0.1, 0.15) is 43.4 Å². The smallest absolute Gasteiger partial charge is 0.384 e. The molecule has 0 spiro atoms. The molecular formula is C30H33F3N6O2. The number of ketones is 1. The average Bonchev–Trinajstić information content (AvgIpc) is 3.44. The summed E-state index contributed by atoms with van der Waals surface area (Å²) in [6, 6.07) is 10.8. The van der Waals surface area contributed by atoms with Gasteiger partial charge in [0.1, 0.15) is 5.60 Å². The molecule has 41 heavy (non-hydrogen) atoms. The first kappa shape index (κ1) is 27.7. The highest BCUT2D eigenvalue weighted by molar-refractivity contribution is 5.93. The molecule has 2 aromatic heterocycles. The van der Waals surface area contributed by atoms with Gasteiger partial charge in [-0.25, -0.2) is 9.97 Å². The Morgan fingerprint density at radius 2 is 1.78 bits per heavy atom. The number of aliphatic hydroxyl groups is 1. The molecule has 3 fully saturated rings. The molecule has 0 unspecified atom stereocenters. The Morgan fingerprint density at radius 3 is 2.41 bits per heavy atom. The topological polar surface area (TPSA) is 103 Å². The van der Waals surface area contributed by atoms with Gasteiger partial charge in [0.2, 0.25) is 0 Å². The van der Waals surface area contributed by atoms with Gasteiger partial charge in [0.25, 0.3) is 0 Å². The lowest BCUT2D eigenvalue weighted by Gasteiger charge is -2.46. The average molecular weight is 567 g/mol. The lowest BCUT2D eigenvalue weighted by atomic mass is 9.76. The van der Waals surface area contributed by atoms with Gasteiger partial charge < -0.3 is 20.6 Å². The second-order valence-electron chi connectivity index (χ2n) is 11.5. The summed E-state index contributed by atoms with van der Waals surface area (Å²) in [5.74, 6) is 0.455. The minimum absolute atomic E-state index is 0.0655. The van der Waals surface area contributed by atoms with Crippen LogP contribution in [-0.4, -0.2) is 63.6 Å². The summed E-state index contributed by atoms with van der Waals surface area (Å²) < 4.78 is 39.4. The van der Waals surface area contributed by atoms with Gasteiger partial charge in [0.15, 0.2) is 11.6 Å². The summed E-state index contributed by atoms with van der Waals surface area (Å²) >= 11 is 0. The zero-order valence-electron chi connectivity index (χ0n) is 22.6. The number of alkyl halides is 3. The van der Waals surface area contributed by atoms with Crippen molar-refractivity contribution in [1.82, 2.24) is 25.6 Å². The van der Waals surface area contributed by atoms with Crippen LogP contribution >= 0.6 is 0 Å². The number of carbonyl (C=O) groups is 1. The minimum atomic E-state index is -4.40. The van der Waals surface area contributed by atoms with Crippen molar-refractivity contribution in [2.24, 2.45) is 5.92 Å². The summed E-state index contributed by atoms with van der Waals surface area (Å²) in [4.78, 5) is 28.6. The normalized spacial score (nSPS) is 27.0. The molecular weight excluding hydrogens is 533 g/mol. The summed E-state index contributed by atoms with van der Waals surface area (Å²) in [5, 5.41) is 18.4. The zero-order valence-corrected chi connectivity index (χ0v) is 22.6. The number of hydrogen-bond acceptors (Lipinski definition) is 8. The van der Waals surface area contributed by atoms with E-state index in [2.05, 4.69) is 25.6 Å². The number of nitrogens with one attached hydrogen (secondary N) is 2. The predicted molar refractivity (Wildman–Crippen MR) is 147 cm³/mol. The molecule has 1 saturated carbocycles. The fourth-order valence-corrected chi connectivity index (χ4v) is 6.36. The lowest BCUT2D eigenvalue weighted by Crippen LogP contribution is -2.64. The van der Waals surface area contributed by atoms with Gasteiger partial charge in [0.05, 0.1) is 22.7 Å². The second-order valence-corrected chi connectivity index (χ2v) is 11.5. The van der Waals surface area contributed by atoms with E-state index in [-0.39, 0.29) is 17.7 Å². The van der Waals surface area contributed by atoms with Crippen LogP contribution in [0.4, 0.5) is 18.9 Å². The molecule has 1 aromatic carbocycles. The molecule has 1 aliphatic carbocycles. The Balaban J connectivity index is 1.07. The Labute approximate surface area is 236 Å². The fraction of sp³-hybridized carbons (Fsp3) is 0.467. The summed E-state index contributed by atoms with van der Waals surface area (Å²) in [6.07, 6.45) is 3.72. The molecule has 3 aliphatic rings. The maximum absolute atomic E-state index is 13.7. The molecule has 216 valence electrons. The minimum Gasteiger partial charge on any atom is -0.384 e. The van der Waals surface area contributed by atoms with Crippen molar-refractivity contribution in [3.05, 3.63) is 72.3 Å². The van der Waals surface area contributed by atoms with E-state index in [1.807, 2.05) is 17.0 Å². The molecule has 0 bridgehead atoms. The Bertz CT molecular complexity index is 1360. The molecule has 8 nitrogen and oxygen atoms in total. The number of rotatable bonds is 7. The Morgan fingerprint density at radius 1 is 1.02 bits per heavy atom. The number of pyridine rings is 1. The second kappa shape index (κ2) is 10.8. The van der Waals surface area contributed by atoms with Crippen LogP contribution in [0.3, 0.4) is 0 Å². The number of aromatic nitrogens is 3. The van der Waals surface area contributed by atoms with Gasteiger partial charge in [-0.1, -0.05) is 6.07 Å². The fourth-order valence-electron chi connectivity index (χ4n) is 6.36. The predicted octanol–water partition coefficient (Wildman–Crippen LogP) is 3.71. The first-order chi connectivity index (χ1) is 19.7. The molecule has 2 saturated heterocycles. The van der Waals surface area contributed by atoms with Crippen LogP contribution in [0, 0.1) is 5.92 Å². The zero-order chi connectivity index (χ0) is 28.7. The van der Waals surface area contributed by atoms with Crippen molar-refractivity contribution < 1.29 is 23.1 Å². The number of anilines is 1. The molecule has 1 atom stereocenters. The summed E-state index contributed by atoms with van der Waals surface area (Å²) in [7, 11) is 0. The van der Waals surface area contributed by atoms with Gasteiger partial charge in [-0.2, -0.15) is 13.2 Å². The van der Waals surface area contributed by atoms with Crippen molar-refractivity contribution in [2.75, 3.05) is 31.1 Å². The van der Waals surface area contributed by atoms with Crippen LogP contribution < -0.4 is 15.5 Å². The molecule has 6 rings (SSSR count). The number of hydrogen-bond donors (Lipinski definition) is 3. The SMILES string of the molecule is O=C(C1CN(c2cccc(C(F)(F)F)c2)C1)[C@]1(NC2CCC(O)(c3ccc(-c4ncccn4)cn3)CC2)CCNC1. The maximum Gasteiger partial charge on any atom is 0.416 e. The molecule has 2 aliphatic heterocycles. The van der Waals surface area contributed by atoms with E-state index in [4.69, 9.17) is 0 Å². The van der Waals surface area contributed by atoms with Crippen LogP contribution in [0.25, 0.3) is 11.4 Å². The highest BCUT2D eigenvalue weighted by Gasteiger charge is 2.49. The molecule has 0 amide bonds. The molecule has 4 heterocycles. The standard InChI is InChI=1S/C30H33F3N6O2/c31-30(32,33)22-3-1-4-24(15-22)39-17-21(18-39)26(40)28(11-14-34-19-28)38-23-7-9-29(41,10-8-23)25-6-5-20(16-37-25)27-35-12-2-13-36-27/h1-6,12-13,15-16,21,23,34,38,41H,7-11,14,17-19H2/t23?,28-,29?/m0/s1. The molecule has 3 aromatic rings. The first-order valence-electron chi connectivity index (χ1n) is 14.1. The third-order valence-electron chi connectivity index (χ3n) is 8.78. The number of nitrogens with zero attached hydrogens (tertiary/aromatic N) is 4. The monoisotopic (exact) mass is 566 g/mol. The number of benzene rings is 1. The maximum atomic E-state index is 13.7. The van der Waals surface area contributed by atoms with Gasteiger partial charge in [-0.05, 0) is 75.0 Å². The van der Waals surface area contributed by atoms with Crippen molar-refractivity contribution in [3.63, 3.8) is 0 Å². The highest BCUT2D eigenvalue weighted by atomic mass is 19.4. The quantitative estimate of drug-likeness (QED) is 0.398. The van der Waals surface area contributed by atoms with Crippen LogP contribution in [0.15, 0.2) is 61.1 Å². The summed E-state index contributed by atoms with van der Waals surface area (Å²) in [5.41, 5.74) is -0.548. The van der Waals surface area contributed by atoms with Crippen molar-refractivity contribution in [1.29, 1.82) is 0 Å². The lowest BCUT2D eigenvalue weighted by molar-refractivity contribution is -0.137. The number of halogens is 3. The summed E-state index contributed by atoms with van der Waals surface area (Å²) in [6.45, 7) is 2.06. The Hall–Kier alpha value is -3.41. The van der Waals surface area contributed by atoms with E-state index in [9.17, 15) is 23.1 Å². The van der Waals surface area contributed by atoms with E-state index in [1.54, 1.807) is 30.7 Å². The van der Waals surface area contributed by atoms with E-state index < -0.39 is 22.9 Å². The third kappa shape index (κ3) is 5.58. The van der Waals surface area contributed by atoms with Crippen LogP contribution in [-0.2, 0) is 16.6 Å². The van der Waals surface area contributed by atoms with Crippen molar-refractivity contribution in [3.8, 4) is 11.4 Å². The third-order valence-corrected chi connectivity index (χ3v) is 8.78.